The number of fused-ring (bicyclic) bond motifs is 1. The van der Waals surface area contributed by atoms with Crippen LogP contribution in [0.15, 0.2) is 24.6 Å². The molecule has 0 fully saturated rings. The molecule has 2 atom stereocenters. The van der Waals surface area contributed by atoms with Crippen molar-refractivity contribution < 1.29 is 0 Å². The third kappa shape index (κ3) is 0.707. The summed E-state index contributed by atoms with van der Waals surface area (Å²) in [6, 6.07) is 0.561. The maximum atomic E-state index is 3.25. The topological polar surface area (TPSA) is 24.1 Å². The molecule has 0 saturated heterocycles. The number of hydrogen-bond donors (Lipinski definition) is 2. The fraction of sp³-hybridized carbons (Fsp3) is 0.429. The van der Waals surface area contributed by atoms with Gasteiger partial charge in [-0.15, -0.1) is 0 Å². The molecule has 2 nitrogen and oxygen atoms in total. The summed E-state index contributed by atoms with van der Waals surface area (Å²) >= 11 is 0. The van der Waals surface area contributed by atoms with E-state index in [1.54, 1.807) is 0 Å². The van der Waals surface area contributed by atoms with Gasteiger partial charge in [-0.2, -0.15) is 0 Å². The zero-order valence-corrected chi connectivity index (χ0v) is 5.17. The molecular formula is C7H10N2. The Hall–Kier alpha value is -0.920. The van der Waals surface area contributed by atoms with Crippen LogP contribution in [0.4, 0.5) is 0 Å². The van der Waals surface area contributed by atoms with Crippen LogP contribution in [0.25, 0.3) is 0 Å². The second kappa shape index (κ2) is 1.79. The number of nitrogens with one attached hydrogen (secondary N) is 2. The second-order valence-electron chi connectivity index (χ2n) is 2.48. The van der Waals surface area contributed by atoms with Crippen molar-refractivity contribution in [2.45, 2.75) is 6.04 Å². The quantitative estimate of drug-likeness (QED) is 0.480. The molecule has 0 saturated carbocycles. The van der Waals surface area contributed by atoms with Gasteiger partial charge in [0, 0.05) is 12.5 Å². The molecular weight excluding hydrogens is 112 g/mol. The van der Waals surface area contributed by atoms with Crippen LogP contribution in [-0.4, -0.2) is 12.6 Å². The lowest BCUT2D eigenvalue weighted by Gasteiger charge is -2.20. The maximum Gasteiger partial charge on any atom is 0.0535 e. The largest absolute Gasteiger partial charge is 0.390 e. The lowest BCUT2D eigenvalue weighted by atomic mass is 10.0. The Balaban J connectivity index is 2.16. The third-order valence-corrected chi connectivity index (χ3v) is 1.87. The fourth-order valence-corrected chi connectivity index (χ4v) is 1.30. The summed E-state index contributed by atoms with van der Waals surface area (Å²) < 4.78 is 0. The van der Waals surface area contributed by atoms with E-state index < -0.39 is 0 Å². The Morgan fingerprint density at radius 1 is 1.22 bits per heavy atom. The van der Waals surface area contributed by atoms with E-state index in [0.29, 0.717) is 12.0 Å². The van der Waals surface area contributed by atoms with Crippen LogP contribution in [0.3, 0.4) is 0 Å². The van der Waals surface area contributed by atoms with Gasteiger partial charge in [-0.3, -0.25) is 0 Å². The first-order chi connectivity index (χ1) is 4.47. The summed E-state index contributed by atoms with van der Waals surface area (Å²) in [5.74, 6) is 0.676. The Morgan fingerprint density at radius 3 is 3.11 bits per heavy atom. The van der Waals surface area contributed by atoms with Gasteiger partial charge < -0.3 is 10.6 Å². The molecule has 0 radical (unpaired) electrons. The normalized spacial score (nSPS) is 37.3. The molecule has 48 valence electrons. The molecule has 2 rings (SSSR count). The summed E-state index contributed by atoms with van der Waals surface area (Å²) in [4.78, 5) is 0. The van der Waals surface area contributed by atoms with Gasteiger partial charge in [0.25, 0.3) is 0 Å². The van der Waals surface area contributed by atoms with Crippen molar-refractivity contribution in [3.8, 4) is 0 Å². The van der Waals surface area contributed by atoms with Gasteiger partial charge in [-0.1, -0.05) is 6.08 Å². The van der Waals surface area contributed by atoms with E-state index in [0.717, 1.165) is 6.54 Å². The zero-order valence-electron chi connectivity index (χ0n) is 5.17. The van der Waals surface area contributed by atoms with Crippen molar-refractivity contribution in [1.29, 1.82) is 0 Å². The second-order valence-corrected chi connectivity index (χ2v) is 2.48. The monoisotopic (exact) mass is 122 g/mol. The van der Waals surface area contributed by atoms with Gasteiger partial charge in [0.1, 0.15) is 0 Å². The fourth-order valence-electron chi connectivity index (χ4n) is 1.30. The van der Waals surface area contributed by atoms with Crippen molar-refractivity contribution >= 4 is 0 Å². The summed E-state index contributed by atoms with van der Waals surface area (Å²) in [6.07, 6.45) is 8.42. The van der Waals surface area contributed by atoms with Crippen LogP contribution < -0.4 is 10.6 Å². The third-order valence-electron chi connectivity index (χ3n) is 1.87. The van der Waals surface area contributed by atoms with Crippen LogP contribution in [-0.2, 0) is 0 Å². The molecule has 2 aliphatic rings. The van der Waals surface area contributed by atoms with E-state index in [1.807, 2.05) is 12.4 Å². The average Bonchev–Trinajstić information content (AvgIpc) is 2.33. The van der Waals surface area contributed by atoms with E-state index in [4.69, 9.17) is 0 Å². The minimum Gasteiger partial charge on any atom is -0.390 e. The van der Waals surface area contributed by atoms with Gasteiger partial charge in [0.2, 0.25) is 0 Å². The van der Waals surface area contributed by atoms with Crippen LogP contribution in [0.2, 0.25) is 0 Å². The van der Waals surface area contributed by atoms with E-state index in [-0.39, 0.29) is 0 Å². The number of rotatable bonds is 0. The lowest BCUT2D eigenvalue weighted by molar-refractivity contribution is 0.516. The van der Waals surface area contributed by atoms with Crippen molar-refractivity contribution in [2.24, 2.45) is 5.92 Å². The van der Waals surface area contributed by atoms with Crippen LogP contribution in [0, 0.1) is 5.92 Å². The van der Waals surface area contributed by atoms with Gasteiger partial charge in [0.15, 0.2) is 0 Å². The lowest BCUT2D eigenvalue weighted by Crippen LogP contribution is -2.34. The molecule has 0 bridgehead atoms. The Kier molecular flexibility index (Phi) is 0.979. The molecule has 2 heterocycles. The van der Waals surface area contributed by atoms with Crippen molar-refractivity contribution in [1.82, 2.24) is 10.6 Å². The van der Waals surface area contributed by atoms with E-state index in [9.17, 15) is 0 Å². The van der Waals surface area contributed by atoms with Crippen molar-refractivity contribution in [3.05, 3.63) is 24.6 Å². The van der Waals surface area contributed by atoms with E-state index >= 15 is 0 Å². The molecule has 0 aromatic heterocycles. The Labute approximate surface area is 54.6 Å². The molecule has 9 heavy (non-hydrogen) atoms. The number of hydrogen-bond acceptors (Lipinski definition) is 2. The highest BCUT2D eigenvalue weighted by atomic mass is 15.0. The first-order valence-corrected chi connectivity index (χ1v) is 3.29. The van der Waals surface area contributed by atoms with E-state index in [1.165, 1.54) is 0 Å². The minimum atomic E-state index is 0.561. The summed E-state index contributed by atoms with van der Waals surface area (Å²) in [5.41, 5.74) is 0. The van der Waals surface area contributed by atoms with Gasteiger partial charge in [0.05, 0.1) is 6.04 Å². The van der Waals surface area contributed by atoms with Crippen molar-refractivity contribution in [3.63, 3.8) is 0 Å². The van der Waals surface area contributed by atoms with E-state index in [2.05, 4.69) is 22.8 Å². The minimum absolute atomic E-state index is 0.561. The molecule has 0 spiro atoms. The molecule has 0 aliphatic carbocycles. The zero-order chi connectivity index (χ0) is 6.10. The first-order valence-electron chi connectivity index (χ1n) is 3.29. The smallest absolute Gasteiger partial charge is 0.0535 e. The SMILES string of the molecule is C1=CC2NC=CC2CN1. The standard InChI is InChI=1S/C7H10N2/c1-4-9-7-2-3-8-5-6(1)7/h1-4,6-9H,5H2. The Morgan fingerprint density at radius 2 is 2.22 bits per heavy atom. The molecule has 2 heteroatoms. The van der Waals surface area contributed by atoms with Crippen LogP contribution in [0.5, 0.6) is 0 Å². The van der Waals surface area contributed by atoms with Crippen LogP contribution >= 0.6 is 0 Å². The molecule has 0 aromatic rings. The maximum absolute atomic E-state index is 3.25. The predicted octanol–water partition coefficient (Wildman–Crippen LogP) is 0.205. The molecule has 0 amide bonds. The molecule has 0 aromatic carbocycles. The predicted molar refractivity (Wildman–Crippen MR) is 36.7 cm³/mol. The molecule has 2 N–H and O–H groups in total. The van der Waals surface area contributed by atoms with Gasteiger partial charge in [-0.05, 0) is 18.5 Å². The van der Waals surface area contributed by atoms with Crippen molar-refractivity contribution in [2.75, 3.05) is 6.54 Å². The highest BCUT2D eigenvalue weighted by Gasteiger charge is 2.20. The molecule has 2 unspecified atom stereocenters. The summed E-state index contributed by atoms with van der Waals surface area (Å²) in [7, 11) is 0. The van der Waals surface area contributed by atoms with Gasteiger partial charge in [-0.25, -0.2) is 0 Å². The molecule has 2 aliphatic heterocycles. The summed E-state index contributed by atoms with van der Waals surface area (Å²) in [6.45, 7) is 1.07. The van der Waals surface area contributed by atoms with Crippen LogP contribution in [0.1, 0.15) is 0 Å². The highest BCUT2D eigenvalue weighted by molar-refractivity contribution is 5.14. The first kappa shape index (κ1) is 4.91. The average molecular weight is 122 g/mol. The Bertz CT molecular complexity index is 160. The summed E-state index contributed by atoms with van der Waals surface area (Å²) in [5, 5.41) is 6.44. The van der Waals surface area contributed by atoms with Gasteiger partial charge >= 0.3 is 0 Å². The highest BCUT2D eigenvalue weighted by Crippen LogP contribution is 2.14.